The maximum Gasteiger partial charge on any atom is 0.226 e. The van der Waals surface area contributed by atoms with Crippen LogP contribution in [0.25, 0.3) is 0 Å². The fourth-order valence-electron chi connectivity index (χ4n) is 1.90. The molecule has 112 valence electrons. The summed E-state index contributed by atoms with van der Waals surface area (Å²) < 4.78 is 13.7. The minimum atomic E-state index is -0.223. The van der Waals surface area contributed by atoms with E-state index in [0.717, 1.165) is 10.6 Å². The maximum absolute atomic E-state index is 13.7. The Labute approximate surface area is 127 Å². The van der Waals surface area contributed by atoms with Crippen LogP contribution in [0.2, 0.25) is 0 Å². The summed E-state index contributed by atoms with van der Waals surface area (Å²) in [6.45, 7) is 2.35. The Balaban J connectivity index is 2.06. The first-order valence-corrected chi connectivity index (χ1v) is 7.61. The van der Waals surface area contributed by atoms with Gasteiger partial charge in [0.15, 0.2) is 5.13 Å². The van der Waals surface area contributed by atoms with E-state index >= 15 is 0 Å². The molecule has 0 spiro atoms. The Morgan fingerprint density at radius 2 is 2.19 bits per heavy atom. The van der Waals surface area contributed by atoms with Gasteiger partial charge in [0, 0.05) is 17.7 Å². The number of amides is 1. The van der Waals surface area contributed by atoms with E-state index in [2.05, 4.69) is 10.3 Å². The molecule has 6 heteroatoms. The van der Waals surface area contributed by atoms with E-state index < -0.39 is 0 Å². The van der Waals surface area contributed by atoms with Gasteiger partial charge < -0.3 is 11.1 Å². The molecule has 0 atom stereocenters. The van der Waals surface area contributed by atoms with E-state index in [9.17, 15) is 9.18 Å². The molecule has 0 fully saturated rings. The van der Waals surface area contributed by atoms with Crippen LogP contribution in [0.1, 0.15) is 29.0 Å². The number of halogens is 1. The first-order valence-electron chi connectivity index (χ1n) is 6.79. The van der Waals surface area contributed by atoms with E-state index in [1.54, 1.807) is 12.1 Å². The van der Waals surface area contributed by atoms with Crippen molar-refractivity contribution in [2.45, 2.75) is 26.2 Å². The van der Waals surface area contributed by atoms with Crippen LogP contribution in [0.3, 0.4) is 0 Å². The van der Waals surface area contributed by atoms with Gasteiger partial charge in [0.25, 0.3) is 0 Å². The molecule has 0 bridgehead atoms. The van der Waals surface area contributed by atoms with Gasteiger partial charge in [-0.05, 0) is 31.5 Å². The van der Waals surface area contributed by atoms with Gasteiger partial charge in [0.1, 0.15) is 5.82 Å². The van der Waals surface area contributed by atoms with E-state index in [-0.39, 0.29) is 11.7 Å². The highest BCUT2D eigenvalue weighted by molar-refractivity contribution is 7.15. The molecule has 0 aliphatic carbocycles. The second-order valence-electron chi connectivity index (χ2n) is 4.74. The van der Waals surface area contributed by atoms with Crippen molar-refractivity contribution in [2.24, 2.45) is 5.73 Å². The smallest absolute Gasteiger partial charge is 0.226 e. The quantitative estimate of drug-likeness (QED) is 0.862. The number of carbonyl (C=O) groups excluding carboxylic acids is 1. The summed E-state index contributed by atoms with van der Waals surface area (Å²) in [5.74, 6) is -0.314. The zero-order valence-corrected chi connectivity index (χ0v) is 12.7. The lowest BCUT2D eigenvalue weighted by Crippen LogP contribution is -2.13. The summed E-state index contributed by atoms with van der Waals surface area (Å²) in [5, 5.41) is 3.31. The van der Waals surface area contributed by atoms with E-state index in [0.29, 0.717) is 36.5 Å². The molecule has 4 nitrogen and oxygen atoms in total. The second-order valence-corrected chi connectivity index (χ2v) is 5.82. The lowest BCUT2D eigenvalue weighted by Gasteiger charge is -2.01. The molecule has 0 saturated carbocycles. The fourth-order valence-corrected chi connectivity index (χ4v) is 2.91. The monoisotopic (exact) mass is 307 g/mol. The number of rotatable bonds is 6. The number of nitrogens with one attached hydrogen (secondary N) is 1. The number of benzene rings is 1. The van der Waals surface area contributed by atoms with Gasteiger partial charge in [-0.3, -0.25) is 4.79 Å². The number of carbonyl (C=O) groups is 1. The van der Waals surface area contributed by atoms with Crippen LogP contribution in [0.4, 0.5) is 9.52 Å². The van der Waals surface area contributed by atoms with Crippen molar-refractivity contribution in [3.05, 3.63) is 46.2 Å². The molecular formula is C15H18FN3OS. The van der Waals surface area contributed by atoms with Gasteiger partial charge in [-0.15, -0.1) is 11.3 Å². The van der Waals surface area contributed by atoms with Crippen molar-refractivity contribution >= 4 is 22.4 Å². The van der Waals surface area contributed by atoms with E-state index in [1.165, 1.54) is 17.4 Å². The Morgan fingerprint density at radius 1 is 1.43 bits per heavy atom. The van der Waals surface area contributed by atoms with E-state index in [1.807, 2.05) is 13.0 Å². The highest BCUT2D eigenvalue weighted by Crippen LogP contribution is 2.26. The third-order valence-corrected chi connectivity index (χ3v) is 4.13. The molecule has 2 rings (SSSR count). The van der Waals surface area contributed by atoms with Crippen molar-refractivity contribution < 1.29 is 9.18 Å². The topological polar surface area (TPSA) is 68.0 Å². The predicted molar refractivity (Wildman–Crippen MR) is 83.0 cm³/mol. The van der Waals surface area contributed by atoms with Crippen LogP contribution in [0.5, 0.6) is 0 Å². The molecule has 2 aromatic rings. The third kappa shape index (κ3) is 4.34. The van der Waals surface area contributed by atoms with Crippen LogP contribution in [0, 0.1) is 12.7 Å². The summed E-state index contributed by atoms with van der Waals surface area (Å²) in [7, 11) is 0. The Morgan fingerprint density at radius 3 is 2.90 bits per heavy atom. The number of nitrogens with zero attached hydrogens (tertiary/aromatic N) is 1. The Hall–Kier alpha value is -1.79. The molecule has 0 aliphatic heterocycles. The van der Waals surface area contributed by atoms with Crippen LogP contribution < -0.4 is 11.1 Å². The van der Waals surface area contributed by atoms with Crippen LogP contribution in [0.15, 0.2) is 24.3 Å². The molecule has 1 aromatic carbocycles. The van der Waals surface area contributed by atoms with Crippen LogP contribution in [-0.4, -0.2) is 17.4 Å². The molecule has 0 radical (unpaired) electrons. The largest absolute Gasteiger partial charge is 0.330 e. The minimum Gasteiger partial charge on any atom is -0.330 e. The fraction of sp³-hybridized carbons (Fsp3) is 0.333. The number of anilines is 1. The molecule has 3 N–H and O–H groups in total. The summed E-state index contributed by atoms with van der Waals surface area (Å²) in [5.41, 5.74) is 6.82. The summed E-state index contributed by atoms with van der Waals surface area (Å²) in [6.07, 6.45) is 1.52. The average molecular weight is 307 g/mol. The standard InChI is InChI=1S/C15H18FN3OS/c1-10-13(9-11-5-2-3-6-12(11)16)21-15(18-10)19-14(20)7-4-8-17/h2-3,5-6H,4,7-9,17H2,1H3,(H,18,19,20). The number of aryl methyl sites for hydroxylation is 1. The number of hydrogen-bond acceptors (Lipinski definition) is 4. The molecule has 1 amide bonds. The van der Waals surface area contributed by atoms with Crippen molar-refractivity contribution in [3.63, 3.8) is 0 Å². The lowest BCUT2D eigenvalue weighted by molar-refractivity contribution is -0.116. The SMILES string of the molecule is Cc1nc(NC(=O)CCCN)sc1Cc1ccccc1F. The maximum atomic E-state index is 13.7. The molecule has 0 aliphatic rings. The summed E-state index contributed by atoms with van der Waals surface area (Å²) in [6, 6.07) is 6.68. The van der Waals surface area contributed by atoms with Crippen molar-refractivity contribution in [2.75, 3.05) is 11.9 Å². The van der Waals surface area contributed by atoms with Crippen molar-refractivity contribution in [1.29, 1.82) is 0 Å². The minimum absolute atomic E-state index is 0.0911. The first kappa shape index (κ1) is 15.6. The normalized spacial score (nSPS) is 10.6. The molecule has 0 saturated heterocycles. The number of hydrogen-bond donors (Lipinski definition) is 2. The highest BCUT2D eigenvalue weighted by atomic mass is 32.1. The Bertz CT molecular complexity index is 627. The van der Waals surface area contributed by atoms with Gasteiger partial charge in [-0.25, -0.2) is 9.37 Å². The second kappa shape index (κ2) is 7.28. The molecular weight excluding hydrogens is 289 g/mol. The van der Waals surface area contributed by atoms with Crippen LogP contribution >= 0.6 is 11.3 Å². The molecule has 0 unspecified atom stereocenters. The number of aromatic nitrogens is 1. The van der Waals surface area contributed by atoms with Gasteiger partial charge in [-0.1, -0.05) is 18.2 Å². The average Bonchev–Trinajstić information content (AvgIpc) is 2.79. The zero-order chi connectivity index (χ0) is 15.2. The molecule has 1 heterocycles. The summed E-state index contributed by atoms with van der Waals surface area (Å²) in [4.78, 5) is 16.9. The number of nitrogens with two attached hydrogens (primary N) is 1. The van der Waals surface area contributed by atoms with E-state index in [4.69, 9.17) is 5.73 Å². The van der Waals surface area contributed by atoms with Crippen LogP contribution in [-0.2, 0) is 11.2 Å². The molecule has 1 aromatic heterocycles. The number of thiazole rings is 1. The van der Waals surface area contributed by atoms with Gasteiger partial charge >= 0.3 is 0 Å². The Kier molecular flexibility index (Phi) is 5.41. The van der Waals surface area contributed by atoms with Crippen molar-refractivity contribution in [3.8, 4) is 0 Å². The molecule has 21 heavy (non-hydrogen) atoms. The van der Waals surface area contributed by atoms with Gasteiger partial charge in [0.2, 0.25) is 5.91 Å². The first-order chi connectivity index (χ1) is 10.1. The van der Waals surface area contributed by atoms with Gasteiger partial charge in [0.05, 0.1) is 5.69 Å². The summed E-state index contributed by atoms with van der Waals surface area (Å²) >= 11 is 1.38. The van der Waals surface area contributed by atoms with Crippen molar-refractivity contribution in [1.82, 2.24) is 4.98 Å². The predicted octanol–water partition coefficient (Wildman–Crippen LogP) is 2.86. The highest BCUT2D eigenvalue weighted by Gasteiger charge is 2.12. The zero-order valence-electron chi connectivity index (χ0n) is 11.9. The lowest BCUT2D eigenvalue weighted by atomic mass is 10.1. The third-order valence-electron chi connectivity index (χ3n) is 3.06. The van der Waals surface area contributed by atoms with Gasteiger partial charge in [-0.2, -0.15) is 0 Å².